The largest absolute Gasteiger partial charge is 0.349 e. The lowest BCUT2D eigenvalue weighted by atomic mass is 9.96. The first kappa shape index (κ1) is 27.0. The van der Waals surface area contributed by atoms with Crippen LogP contribution < -0.4 is 11.0 Å². The summed E-state index contributed by atoms with van der Waals surface area (Å²) in [6, 6.07) is 9.21. The first-order valence-corrected chi connectivity index (χ1v) is 14.1. The van der Waals surface area contributed by atoms with E-state index in [1.165, 1.54) is 37.1 Å². The van der Waals surface area contributed by atoms with E-state index in [1.807, 2.05) is 4.90 Å². The highest BCUT2D eigenvalue weighted by Crippen LogP contribution is 2.40. The zero-order valence-corrected chi connectivity index (χ0v) is 23.2. The van der Waals surface area contributed by atoms with Crippen molar-refractivity contribution in [2.24, 2.45) is 11.8 Å². The fourth-order valence-corrected chi connectivity index (χ4v) is 5.41. The van der Waals surface area contributed by atoms with Crippen LogP contribution in [0.5, 0.6) is 0 Å². The summed E-state index contributed by atoms with van der Waals surface area (Å²) in [5.41, 5.74) is 2.78. The van der Waals surface area contributed by atoms with Crippen LogP contribution in [0.25, 0.3) is 11.0 Å². The molecule has 0 spiro atoms. The zero-order chi connectivity index (χ0) is 27.5. The van der Waals surface area contributed by atoms with Crippen molar-refractivity contribution in [2.75, 3.05) is 31.5 Å². The van der Waals surface area contributed by atoms with E-state index in [0.29, 0.717) is 30.1 Å². The van der Waals surface area contributed by atoms with Crippen molar-refractivity contribution < 1.29 is 4.79 Å². The van der Waals surface area contributed by atoms with E-state index in [0.717, 1.165) is 43.0 Å². The maximum absolute atomic E-state index is 12.4. The molecule has 3 aromatic rings. The number of anilines is 1. The predicted octanol–water partition coefficient (Wildman–Crippen LogP) is 4.19. The van der Waals surface area contributed by atoms with E-state index < -0.39 is 0 Å². The van der Waals surface area contributed by atoms with Crippen LogP contribution in [-0.4, -0.2) is 61.4 Å². The maximum atomic E-state index is 12.4. The summed E-state index contributed by atoms with van der Waals surface area (Å²) in [7, 11) is 0. The Labute approximate surface area is 230 Å². The monoisotopic (exact) mass is 529 g/mol. The number of nitrogens with one attached hydrogen (secondary N) is 1. The Hall–Kier alpha value is -3.59. The molecule has 2 aliphatic rings. The van der Waals surface area contributed by atoms with Crippen molar-refractivity contribution >= 4 is 22.9 Å². The van der Waals surface area contributed by atoms with Gasteiger partial charge in [0.25, 0.3) is 0 Å². The summed E-state index contributed by atoms with van der Waals surface area (Å²) in [6.45, 7) is 13.7. The summed E-state index contributed by atoms with van der Waals surface area (Å²) in [4.78, 5) is 42.0. The topological polar surface area (TPSA) is 96.3 Å². The maximum Gasteiger partial charge on any atom is 0.349 e. The normalized spacial score (nSPS) is 17.8. The van der Waals surface area contributed by atoms with Crippen molar-refractivity contribution in [3.63, 3.8) is 0 Å². The van der Waals surface area contributed by atoms with Crippen LogP contribution in [0.2, 0.25) is 0 Å². The Balaban J connectivity index is 1.30. The molecule has 39 heavy (non-hydrogen) atoms. The summed E-state index contributed by atoms with van der Waals surface area (Å²) >= 11 is 0. The molecule has 2 aromatic heterocycles. The van der Waals surface area contributed by atoms with Crippen LogP contribution >= 0.6 is 0 Å². The molecule has 1 aliphatic heterocycles. The number of nitrogens with zero attached hydrogens (tertiary/aromatic N) is 6. The average Bonchev–Trinajstić information content (AvgIpc) is 3.77. The smallest absolute Gasteiger partial charge is 0.348 e. The van der Waals surface area contributed by atoms with Crippen molar-refractivity contribution in [1.29, 1.82) is 0 Å². The molecular weight excluding hydrogens is 490 g/mol. The number of benzene rings is 1. The van der Waals surface area contributed by atoms with Gasteiger partial charge in [0.1, 0.15) is 0 Å². The van der Waals surface area contributed by atoms with Gasteiger partial charge in [0.05, 0.1) is 11.4 Å². The second-order valence-corrected chi connectivity index (χ2v) is 11.3. The number of carbonyl (C=O) groups excluding carboxylic acids is 1. The lowest BCUT2D eigenvalue weighted by Crippen LogP contribution is -2.49. The molecule has 1 saturated carbocycles. The van der Waals surface area contributed by atoms with Gasteiger partial charge in [-0.2, -0.15) is 4.98 Å². The Morgan fingerprint density at radius 3 is 2.36 bits per heavy atom. The molecule has 206 valence electrons. The van der Waals surface area contributed by atoms with Gasteiger partial charge in [0.15, 0.2) is 5.65 Å². The van der Waals surface area contributed by atoms with Crippen LogP contribution in [0, 0.1) is 11.8 Å². The summed E-state index contributed by atoms with van der Waals surface area (Å²) in [5, 5.41) is 4.16. The second kappa shape index (κ2) is 11.7. The average molecular weight is 530 g/mol. The van der Waals surface area contributed by atoms with Crippen molar-refractivity contribution in [3.05, 3.63) is 70.9 Å². The van der Waals surface area contributed by atoms with E-state index >= 15 is 0 Å². The van der Waals surface area contributed by atoms with E-state index in [-0.39, 0.29) is 17.6 Å². The number of piperazine rings is 1. The van der Waals surface area contributed by atoms with E-state index in [4.69, 9.17) is 0 Å². The summed E-state index contributed by atoms with van der Waals surface area (Å²) in [6.07, 6.45) is 8.47. The minimum Gasteiger partial charge on any atom is -0.348 e. The molecule has 1 aromatic carbocycles. The van der Waals surface area contributed by atoms with Gasteiger partial charge in [-0.3, -0.25) is 14.3 Å². The first-order chi connectivity index (χ1) is 18.8. The van der Waals surface area contributed by atoms with E-state index in [2.05, 4.69) is 76.8 Å². The van der Waals surface area contributed by atoms with Crippen molar-refractivity contribution in [3.8, 4) is 0 Å². The number of rotatable bonds is 10. The highest BCUT2D eigenvalue weighted by atomic mass is 16.2. The number of aromatic nitrogens is 4. The van der Waals surface area contributed by atoms with Gasteiger partial charge in [-0.1, -0.05) is 57.5 Å². The molecule has 2 atom stereocenters. The van der Waals surface area contributed by atoms with Crippen LogP contribution in [0.1, 0.15) is 63.2 Å². The van der Waals surface area contributed by atoms with Gasteiger partial charge in [0, 0.05) is 51.2 Å². The zero-order valence-electron chi connectivity index (χ0n) is 23.2. The van der Waals surface area contributed by atoms with Gasteiger partial charge in [0.2, 0.25) is 11.9 Å². The molecule has 3 heterocycles. The Morgan fingerprint density at radius 2 is 1.72 bits per heavy atom. The third kappa shape index (κ3) is 6.36. The molecule has 5 rings (SSSR count). The van der Waals surface area contributed by atoms with Crippen LogP contribution in [0.15, 0.2) is 54.1 Å². The van der Waals surface area contributed by atoms with Crippen LogP contribution in [0.3, 0.4) is 0 Å². The fourth-order valence-electron chi connectivity index (χ4n) is 5.41. The highest BCUT2D eigenvalue weighted by Gasteiger charge is 2.32. The van der Waals surface area contributed by atoms with E-state index in [9.17, 15) is 9.59 Å². The van der Waals surface area contributed by atoms with E-state index in [1.54, 1.807) is 10.8 Å². The SMILES string of the molecule is C=CC(=O)N1CCN(C(CC2CC2)c2ccc([C@H](C)Nc3ncc4cnc(=O)n(CC(C)C)c4n3)cc2)CC1. The quantitative estimate of drug-likeness (QED) is 0.394. The third-order valence-corrected chi connectivity index (χ3v) is 7.81. The van der Waals surface area contributed by atoms with Gasteiger partial charge in [-0.05, 0) is 42.4 Å². The molecule has 9 heteroatoms. The number of fused-ring (bicyclic) bond motifs is 1. The highest BCUT2D eigenvalue weighted by molar-refractivity contribution is 5.87. The minimum atomic E-state index is -0.293. The molecule has 1 N–H and O–H groups in total. The summed E-state index contributed by atoms with van der Waals surface area (Å²) < 4.78 is 1.62. The second-order valence-electron chi connectivity index (χ2n) is 11.3. The number of hydrogen-bond donors (Lipinski definition) is 1. The lowest BCUT2D eigenvalue weighted by Gasteiger charge is -2.39. The van der Waals surface area contributed by atoms with Gasteiger partial charge >= 0.3 is 5.69 Å². The van der Waals surface area contributed by atoms with Gasteiger partial charge < -0.3 is 10.2 Å². The van der Waals surface area contributed by atoms with Crippen molar-refractivity contribution in [2.45, 2.75) is 58.7 Å². The Kier molecular flexibility index (Phi) is 8.07. The third-order valence-electron chi connectivity index (χ3n) is 7.81. The molecule has 0 bridgehead atoms. The standard InChI is InChI=1S/C30H39N7O2/c1-5-27(38)36-14-12-35(13-15-36)26(16-22-6-7-22)24-10-8-23(9-11-24)21(4)33-29-31-17-25-18-32-30(39)37(19-20(2)3)28(25)34-29/h5,8-11,17-18,20-22,26H,1,6-7,12-16,19H2,2-4H3,(H,31,33,34)/t21-,26?/m0/s1. The lowest BCUT2D eigenvalue weighted by molar-refractivity contribution is -0.128. The minimum absolute atomic E-state index is 0.0149. The first-order valence-electron chi connectivity index (χ1n) is 14.1. The molecule has 1 unspecified atom stereocenters. The Morgan fingerprint density at radius 1 is 1.05 bits per heavy atom. The molecule has 1 aliphatic carbocycles. The molecule has 1 saturated heterocycles. The Bertz CT molecular complexity index is 1370. The molecule has 0 radical (unpaired) electrons. The summed E-state index contributed by atoms with van der Waals surface area (Å²) in [5.74, 6) is 1.60. The fraction of sp³-hybridized carbons (Fsp3) is 0.500. The van der Waals surface area contributed by atoms with Crippen LogP contribution in [0.4, 0.5) is 5.95 Å². The number of carbonyl (C=O) groups is 1. The van der Waals surface area contributed by atoms with Gasteiger partial charge in [-0.15, -0.1) is 0 Å². The number of hydrogen-bond acceptors (Lipinski definition) is 7. The molecule has 1 amide bonds. The molecule has 9 nitrogen and oxygen atoms in total. The molecular formula is C30H39N7O2. The number of amides is 1. The van der Waals surface area contributed by atoms with Crippen LogP contribution in [-0.2, 0) is 11.3 Å². The van der Waals surface area contributed by atoms with Crippen molar-refractivity contribution in [1.82, 2.24) is 29.3 Å². The van der Waals surface area contributed by atoms with Gasteiger partial charge in [-0.25, -0.2) is 14.8 Å². The molecule has 2 fully saturated rings. The predicted molar refractivity (Wildman–Crippen MR) is 153 cm³/mol.